The van der Waals surface area contributed by atoms with Gasteiger partial charge in [0.15, 0.2) is 11.6 Å². The van der Waals surface area contributed by atoms with Crippen LogP contribution in [-0.2, 0) is 32.1 Å². The second-order valence-corrected chi connectivity index (χ2v) is 12.0. The molecular formula is C34H42N2O5. The van der Waals surface area contributed by atoms with E-state index in [2.05, 4.69) is 5.32 Å². The fourth-order valence-corrected chi connectivity index (χ4v) is 6.09. The van der Waals surface area contributed by atoms with Crippen LogP contribution in [0.15, 0.2) is 54.6 Å². The number of fused-ring (bicyclic) bond motifs is 1. The molecule has 0 spiro atoms. The maximum atomic E-state index is 13.7. The van der Waals surface area contributed by atoms with E-state index >= 15 is 0 Å². The van der Waals surface area contributed by atoms with E-state index in [0.717, 1.165) is 36.8 Å². The molecule has 0 bridgehead atoms. The molecule has 2 aliphatic rings. The second-order valence-electron chi connectivity index (χ2n) is 12.0. The molecule has 2 aromatic rings. The predicted molar refractivity (Wildman–Crippen MR) is 157 cm³/mol. The number of carbonyl (C=O) groups excluding carboxylic acids is 5. The van der Waals surface area contributed by atoms with Crippen LogP contribution in [0.2, 0.25) is 0 Å². The van der Waals surface area contributed by atoms with Crippen molar-refractivity contribution < 1.29 is 24.0 Å². The lowest BCUT2D eigenvalue weighted by atomic mass is 9.80. The van der Waals surface area contributed by atoms with Crippen LogP contribution in [-0.4, -0.2) is 46.1 Å². The van der Waals surface area contributed by atoms with E-state index in [1.165, 1.54) is 6.42 Å². The standard InChI is InChI=1S/C34H42N2O5/c1-22(2)28(32(39)31(38)19-25-14-8-5-9-15-25)20-30(37)23(3)35-33(40)29(18-24-12-6-4-7-13-24)36-21-26-16-10-11-17-27(26)34(36)41/h4,6-7,10-13,16-17,22-23,25,28-29H,5,8-9,14-15,18-21H2,1-3H3,(H,35,40)/t23-,28-,29-/m0/s1. The highest BCUT2D eigenvalue weighted by Crippen LogP contribution is 2.29. The van der Waals surface area contributed by atoms with E-state index in [9.17, 15) is 24.0 Å². The van der Waals surface area contributed by atoms with Gasteiger partial charge < -0.3 is 10.2 Å². The molecule has 218 valence electrons. The van der Waals surface area contributed by atoms with Crippen LogP contribution in [0.5, 0.6) is 0 Å². The van der Waals surface area contributed by atoms with Gasteiger partial charge in [0, 0.05) is 37.3 Å². The molecule has 1 aliphatic carbocycles. The van der Waals surface area contributed by atoms with E-state index in [-0.39, 0.29) is 42.2 Å². The number of amides is 2. The molecule has 1 fully saturated rings. The summed E-state index contributed by atoms with van der Waals surface area (Å²) in [5, 5.41) is 2.82. The third-order valence-electron chi connectivity index (χ3n) is 8.68. The minimum absolute atomic E-state index is 0.105. The Balaban J connectivity index is 1.43. The lowest BCUT2D eigenvalue weighted by Crippen LogP contribution is -2.52. The Morgan fingerprint density at radius 1 is 0.902 bits per heavy atom. The van der Waals surface area contributed by atoms with Crippen molar-refractivity contribution in [1.29, 1.82) is 0 Å². The van der Waals surface area contributed by atoms with Gasteiger partial charge >= 0.3 is 0 Å². The van der Waals surface area contributed by atoms with E-state index in [0.29, 0.717) is 18.5 Å². The first-order chi connectivity index (χ1) is 19.7. The van der Waals surface area contributed by atoms with Gasteiger partial charge in [0.1, 0.15) is 6.04 Å². The summed E-state index contributed by atoms with van der Waals surface area (Å²) in [6.45, 7) is 5.61. The van der Waals surface area contributed by atoms with Gasteiger partial charge in [0.25, 0.3) is 5.91 Å². The molecule has 0 aromatic heterocycles. The quantitative estimate of drug-likeness (QED) is 0.345. The summed E-state index contributed by atoms with van der Waals surface area (Å²) in [5.74, 6) is -2.43. The molecule has 4 rings (SSSR count). The Hall–Kier alpha value is -3.61. The molecule has 0 saturated heterocycles. The van der Waals surface area contributed by atoms with Crippen molar-refractivity contribution in [3.63, 3.8) is 0 Å². The topological polar surface area (TPSA) is 101 Å². The van der Waals surface area contributed by atoms with Crippen LogP contribution in [0, 0.1) is 17.8 Å². The fraction of sp³-hybridized carbons (Fsp3) is 0.500. The van der Waals surface area contributed by atoms with Gasteiger partial charge in [0.05, 0.1) is 6.04 Å². The summed E-state index contributed by atoms with van der Waals surface area (Å²) < 4.78 is 0. The number of rotatable bonds is 13. The largest absolute Gasteiger partial charge is 0.345 e. The summed E-state index contributed by atoms with van der Waals surface area (Å²) in [6.07, 6.45) is 5.77. The van der Waals surface area contributed by atoms with E-state index in [1.54, 1.807) is 24.0 Å². The zero-order valence-corrected chi connectivity index (χ0v) is 24.4. The van der Waals surface area contributed by atoms with Gasteiger partial charge in [-0.2, -0.15) is 0 Å². The van der Waals surface area contributed by atoms with Crippen LogP contribution in [0.3, 0.4) is 0 Å². The molecule has 1 heterocycles. The summed E-state index contributed by atoms with van der Waals surface area (Å²) in [6, 6.07) is 15.1. The summed E-state index contributed by atoms with van der Waals surface area (Å²) >= 11 is 0. The van der Waals surface area contributed by atoms with Crippen molar-refractivity contribution in [2.45, 2.75) is 90.8 Å². The summed E-state index contributed by atoms with van der Waals surface area (Å²) in [4.78, 5) is 67.8. The molecule has 0 unspecified atom stereocenters. The monoisotopic (exact) mass is 558 g/mol. The highest BCUT2D eigenvalue weighted by molar-refractivity contribution is 6.38. The van der Waals surface area contributed by atoms with Crippen molar-refractivity contribution in [3.05, 3.63) is 71.3 Å². The molecule has 1 saturated carbocycles. The third kappa shape index (κ3) is 7.57. The van der Waals surface area contributed by atoms with Crippen molar-refractivity contribution >= 4 is 29.2 Å². The highest BCUT2D eigenvalue weighted by Gasteiger charge is 2.38. The van der Waals surface area contributed by atoms with Gasteiger partial charge in [-0.1, -0.05) is 94.5 Å². The Kier molecular flexibility index (Phi) is 10.2. The number of carbonyl (C=O) groups is 5. The number of nitrogens with one attached hydrogen (secondary N) is 1. The van der Waals surface area contributed by atoms with Gasteiger partial charge in [0.2, 0.25) is 11.7 Å². The van der Waals surface area contributed by atoms with Crippen molar-refractivity contribution in [2.24, 2.45) is 17.8 Å². The number of ketones is 3. The first-order valence-corrected chi connectivity index (χ1v) is 15.0. The van der Waals surface area contributed by atoms with Crippen LogP contribution in [0.4, 0.5) is 0 Å². The summed E-state index contributed by atoms with van der Waals surface area (Å²) in [7, 11) is 0. The number of benzene rings is 2. The van der Waals surface area contributed by atoms with Gasteiger partial charge in [-0.25, -0.2) is 0 Å². The zero-order chi connectivity index (χ0) is 29.5. The molecular weight excluding hydrogens is 516 g/mol. The molecule has 1 aliphatic heterocycles. The first-order valence-electron chi connectivity index (χ1n) is 15.0. The molecule has 7 heteroatoms. The molecule has 3 atom stereocenters. The van der Waals surface area contributed by atoms with E-state index in [1.807, 2.05) is 56.3 Å². The highest BCUT2D eigenvalue weighted by atomic mass is 16.2. The number of hydrogen-bond donors (Lipinski definition) is 1. The minimum atomic E-state index is -0.872. The smallest absolute Gasteiger partial charge is 0.255 e. The van der Waals surface area contributed by atoms with Gasteiger partial charge in [-0.3, -0.25) is 24.0 Å². The molecule has 2 aromatic carbocycles. The maximum Gasteiger partial charge on any atom is 0.255 e. The third-order valence-corrected chi connectivity index (χ3v) is 8.68. The van der Waals surface area contributed by atoms with Crippen LogP contribution in [0.1, 0.15) is 87.2 Å². The zero-order valence-electron chi connectivity index (χ0n) is 24.4. The Morgan fingerprint density at radius 3 is 2.22 bits per heavy atom. The van der Waals surface area contributed by atoms with Gasteiger partial charge in [-0.15, -0.1) is 0 Å². The van der Waals surface area contributed by atoms with Crippen LogP contribution in [0.25, 0.3) is 0 Å². The van der Waals surface area contributed by atoms with E-state index < -0.39 is 29.7 Å². The molecule has 1 N–H and O–H groups in total. The SMILES string of the molecule is CC(C)[C@H](CC(=O)[C@H](C)NC(=O)[C@H](Cc1ccccc1)N1Cc2ccccc2C1=O)C(=O)C(=O)CC1CCCCC1. The van der Waals surface area contributed by atoms with Crippen molar-refractivity contribution in [1.82, 2.24) is 10.2 Å². The number of Topliss-reactive ketones (excluding diaryl/α,β-unsaturated/α-hetero) is 3. The fourth-order valence-electron chi connectivity index (χ4n) is 6.09. The molecule has 7 nitrogen and oxygen atoms in total. The number of hydrogen-bond acceptors (Lipinski definition) is 5. The maximum absolute atomic E-state index is 13.7. The van der Waals surface area contributed by atoms with Crippen LogP contribution >= 0.6 is 0 Å². The Labute approximate surface area is 243 Å². The summed E-state index contributed by atoms with van der Waals surface area (Å²) in [5.41, 5.74) is 2.35. The second kappa shape index (κ2) is 13.8. The lowest BCUT2D eigenvalue weighted by Gasteiger charge is -2.29. The van der Waals surface area contributed by atoms with Crippen molar-refractivity contribution in [2.75, 3.05) is 0 Å². The molecule has 0 radical (unpaired) electrons. The lowest BCUT2D eigenvalue weighted by molar-refractivity contribution is -0.142. The van der Waals surface area contributed by atoms with E-state index in [4.69, 9.17) is 0 Å². The normalized spacial score (nSPS) is 17.6. The predicted octanol–water partition coefficient (Wildman–Crippen LogP) is 5.10. The van der Waals surface area contributed by atoms with Crippen LogP contribution < -0.4 is 5.32 Å². The average molecular weight is 559 g/mol. The Bertz CT molecular complexity index is 1260. The van der Waals surface area contributed by atoms with Crippen molar-refractivity contribution in [3.8, 4) is 0 Å². The average Bonchev–Trinajstić information content (AvgIpc) is 3.30. The number of nitrogens with zero attached hydrogens (tertiary/aromatic N) is 1. The Morgan fingerprint density at radius 2 is 1.56 bits per heavy atom. The molecule has 41 heavy (non-hydrogen) atoms. The molecule has 2 amide bonds. The van der Waals surface area contributed by atoms with Gasteiger partial charge in [-0.05, 0) is 36.0 Å². The first kappa shape index (κ1) is 30.4. The minimum Gasteiger partial charge on any atom is -0.345 e.